The first kappa shape index (κ1) is 16.3. The maximum Gasteiger partial charge on any atom is 0.269 e. The number of aliphatic hydroxyl groups excluding tert-OH is 1. The Hall–Kier alpha value is -1.11. The van der Waals surface area contributed by atoms with Gasteiger partial charge < -0.3 is 10.4 Å². The molecule has 1 aliphatic rings. The molecule has 1 aromatic carbocycles. The fourth-order valence-corrected chi connectivity index (χ4v) is 3.59. The van der Waals surface area contributed by atoms with Crippen LogP contribution in [0.1, 0.15) is 37.4 Å². The lowest BCUT2D eigenvalue weighted by Gasteiger charge is -2.29. The largest absolute Gasteiger partial charge is 0.387 e. The van der Waals surface area contributed by atoms with Crippen molar-refractivity contribution in [2.45, 2.75) is 43.1 Å². The van der Waals surface area contributed by atoms with Crippen LogP contribution in [0.4, 0.5) is 5.69 Å². The molecule has 6 heteroatoms. The number of hydrogen-bond donors (Lipinski definition) is 2. The van der Waals surface area contributed by atoms with Crippen LogP contribution in [0, 0.1) is 10.1 Å². The lowest BCUT2D eigenvalue weighted by molar-refractivity contribution is -0.384. The molecule has 116 valence electrons. The van der Waals surface area contributed by atoms with E-state index in [0.29, 0.717) is 23.4 Å². The number of hydrogen-bond acceptors (Lipinski definition) is 5. The molecule has 0 saturated heterocycles. The van der Waals surface area contributed by atoms with E-state index in [1.54, 1.807) is 12.1 Å². The number of nitro benzene ring substituents is 1. The summed E-state index contributed by atoms with van der Waals surface area (Å²) in [5.74, 6) is 0. The zero-order chi connectivity index (χ0) is 15.2. The third-order valence-electron chi connectivity index (χ3n) is 4.05. The monoisotopic (exact) mass is 310 g/mol. The van der Waals surface area contributed by atoms with Crippen molar-refractivity contribution in [3.05, 3.63) is 39.9 Å². The molecule has 2 N–H and O–H groups in total. The number of aliphatic hydroxyl groups is 1. The summed E-state index contributed by atoms with van der Waals surface area (Å²) in [5.41, 5.74) is 0.763. The van der Waals surface area contributed by atoms with E-state index in [-0.39, 0.29) is 5.69 Å². The smallest absolute Gasteiger partial charge is 0.269 e. The molecule has 0 radical (unpaired) electrons. The standard InChI is InChI=1S/C15H22N2O3S/c1-21-14-4-2-3-12(9-14)16-10-15(18)11-5-7-13(8-6-11)17(19)20/h5-8,12,14-16,18H,2-4,9-10H2,1H3. The average molecular weight is 310 g/mol. The van der Waals surface area contributed by atoms with E-state index in [1.807, 2.05) is 11.8 Å². The SMILES string of the molecule is CSC1CCCC(NCC(O)c2ccc([N+](=O)[O-])cc2)C1. The number of nitrogens with zero attached hydrogens (tertiary/aromatic N) is 1. The van der Waals surface area contributed by atoms with E-state index < -0.39 is 11.0 Å². The molecule has 0 aromatic heterocycles. The van der Waals surface area contributed by atoms with Crippen LogP contribution in [0.25, 0.3) is 0 Å². The molecule has 0 aliphatic heterocycles. The van der Waals surface area contributed by atoms with Crippen molar-refractivity contribution in [2.75, 3.05) is 12.8 Å². The first-order valence-electron chi connectivity index (χ1n) is 7.28. The molecule has 0 spiro atoms. The predicted molar refractivity (Wildman–Crippen MR) is 85.6 cm³/mol. The average Bonchev–Trinajstić information content (AvgIpc) is 2.53. The van der Waals surface area contributed by atoms with Gasteiger partial charge in [-0.15, -0.1) is 0 Å². The first-order valence-corrected chi connectivity index (χ1v) is 8.57. The second kappa shape index (κ2) is 7.77. The minimum absolute atomic E-state index is 0.0500. The maximum atomic E-state index is 10.6. The number of nitro groups is 1. The van der Waals surface area contributed by atoms with Gasteiger partial charge in [-0.1, -0.05) is 6.42 Å². The molecule has 1 aromatic rings. The fourth-order valence-electron chi connectivity index (χ4n) is 2.76. The van der Waals surface area contributed by atoms with Gasteiger partial charge in [0.05, 0.1) is 11.0 Å². The van der Waals surface area contributed by atoms with E-state index in [2.05, 4.69) is 11.6 Å². The number of thioether (sulfide) groups is 1. The summed E-state index contributed by atoms with van der Waals surface area (Å²) in [5, 5.41) is 24.9. The Kier molecular flexibility index (Phi) is 6.02. The Morgan fingerprint density at radius 3 is 2.76 bits per heavy atom. The molecule has 3 atom stereocenters. The first-order chi connectivity index (χ1) is 10.1. The van der Waals surface area contributed by atoms with Crippen LogP contribution < -0.4 is 5.32 Å². The van der Waals surface area contributed by atoms with Gasteiger partial charge in [-0.2, -0.15) is 11.8 Å². The van der Waals surface area contributed by atoms with Gasteiger partial charge in [0.25, 0.3) is 5.69 Å². The summed E-state index contributed by atoms with van der Waals surface area (Å²) in [6, 6.07) is 6.57. The predicted octanol–water partition coefficient (Wildman–Crippen LogP) is 2.89. The molecular weight excluding hydrogens is 288 g/mol. The molecule has 0 heterocycles. The van der Waals surface area contributed by atoms with E-state index in [0.717, 1.165) is 12.8 Å². The van der Waals surface area contributed by atoms with E-state index >= 15 is 0 Å². The summed E-state index contributed by atoms with van der Waals surface area (Å²) in [6.07, 6.45) is 6.35. The highest BCUT2D eigenvalue weighted by molar-refractivity contribution is 7.99. The molecule has 5 nitrogen and oxygen atoms in total. The maximum absolute atomic E-state index is 10.6. The van der Waals surface area contributed by atoms with Crippen molar-refractivity contribution in [1.29, 1.82) is 0 Å². The van der Waals surface area contributed by atoms with Crippen LogP contribution in [-0.4, -0.2) is 34.1 Å². The number of non-ortho nitro benzene ring substituents is 1. The highest BCUT2D eigenvalue weighted by Gasteiger charge is 2.21. The topological polar surface area (TPSA) is 75.4 Å². The van der Waals surface area contributed by atoms with Gasteiger partial charge in [-0.05, 0) is 43.2 Å². The Bertz CT molecular complexity index is 466. The van der Waals surface area contributed by atoms with E-state index in [9.17, 15) is 15.2 Å². The molecule has 0 amide bonds. The van der Waals surface area contributed by atoms with Gasteiger partial charge in [-0.3, -0.25) is 10.1 Å². The van der Waals surface area contributed by atoms with Crippen molar-refractivity contribution >= 4 is 17.4 Å². The lowest BCUT2D eigenvalue weighted by Crippen LogP contribution is -2.37. The van der Waals surface area contributed by atoms with Gasteiger partial charge in [0, 0.05) is 30.0 Å². The zero-order valence-electron chi connectivity index (χ0n) is 12.2. The molecular formula is C15H22N2O3S. The molecule has 2 rings (SSSR count). The molecule has 1 saturated carbocycles. The van der Waals surface area contributed by atoms with Crippen LogP contribution in [-0.2, 0) is 0 Å². The van der Waals surface area contributed by atoms with E-state index in [4.69, 9.17) is 0 Å². The van der Waals surface area contributed by atoms with Crippen LogP contribution in [0.3, 0.4) is 0 Å². The Morgan fingerprint density at radius 2 is 2.14 bits per heavy atom. The molecule has 21 heavy (non-hydrogen) atoms. The van der Waals surface area contributed by atoms with Gasteiger partial charge in [0.1, 0.15) is 0 Å². The number of benzene rings is 1. The van der Waals surface area contributed by atoms with Crippen molar-refractivity contribution in [1.82, 2.24) is 5.32 Å². The lowest BCUT2D eigenvalue weighted by atomic mass is 9.94. The number of nitrogens with one attached hydrogen (secondary N) is 1. The summed E-state index contributed by atoms with van der Waals surface area (Å²) in [7, 11) is 0. The summed E-state index contributed by atoms with van der Waals surface area (Å²) < 4.78 is 0. The minimum Gasteiger partial charge on any atom is -0.387 e. The van der Waals surface area contributed by atoms with E-state index in [1.165, 1.54) is 25.0 Å². The summed E-state index contributed by atoms with van der Waals surface area (Å²) >= 11 is 1.92. The molecule has 0 bridgehead atoms. The summed E-state index contributed by atoms with van der Waals surface area (Å²) in [6.45, 7) is 0.490. The van der Waals surface area contributed by atoms with Gasteiger partial charge in [-0.25, -0.2) is 0 Å². The molecule has 3 unspecified atom stereocenters. The highest BCUT2D eigenvalue weighted by Crippen LogP contribution is 2.27. The summed E-state index contributed by atoms with van der Waals surface area (Å²) in [4.78, 5) is 10.2. The Labute approximate surface area is 129 Å². The Balaban J connectivity index is 1.83. The normalized spacial score (nSPS) is 23.7. The minimum atomic E-state index is -0.625. The van der Waals surface area contributed by atoms with Crippen molar-refractivity contribution < 1.29 is 10.0 Å². The number of rotatable bonds is 6. The quantitative estimate of drug-likeness (QED) is 0.624. The fraction of sp³-hybridized carbons (Fsp3) is 0.600. The molecule has 1 aliphatic carbocycles. The van der Waals surface area contributed by atoms with Crippen molar-refractivity contribution in [3.8, 4) is 0 Å². The van der Waals surface area contributed by atoms with Crippen molar-refractivity contribution in [3.63, 3.8) is 0 Å². The molecule has 1 fully saturated rings. The van der Waals surface area contributed by atoms with Crippen LogP contribution >= 0.6 is 11.8 Å². The third-order valence-corrected chi connectivity index (χ3v) is 5.14. The second-order valence-electron chi connectivity index (χ2n) is 5.49. The third kappa shape index (κ3) is 4.69. The Morgan fingerprint density at radius 1 is 1.43 bits per heavy atom. The van der Waals surface area contributed by atoms with Crippen LogP contribution in [0.15, 0.2) is 24.3 Å². The zero-order valence-corrected chi connectivity index (χ0v) is 13.0. The van der Waals surface area contributed by atoms with Gasteiger partial charge in [0.15, 0.2) is 0 Å². The van der Waals surface area contributed by atoms with Gasteiger partial charge >= 0.3 is 0 Å². The van der Waals surface area contributed by atoms with Gasteiger partial charge in [0.2, 0.25) is 0 Å². The van der Waals surface area contributed by atoms with Crippen LogP contribution in [0.2, 0.25) is 0 Å². The van der Waals surface area contributed by atoms with Crippen LogP contribution in [0.5, 0.6) is 0 Å². The second-order valence-corrected chi connectivity index (χ2v) is 6.63. The van der Waals surface area contributed by atoms with Crippen molar-refractivity contribution in [2.24, 2.45) is 0 Å². The highest BCUT2D eigenvalue weighted by atomic mass is 32.2.